The number of amides is 1. The first kappa shape index (κ1) is 13.6. The van der Waals surface area contributed by atoms with Gasteiger partial charge < -0.3 is 10.2 Å². The highest BCUT2D eigenvalue weighted by molar-refractivity contribution is 7.14. The van der Waals surface area contributed by atoms with E-state index in [0.717, 1.165) is 17.7 Å². The van der Waals surface area contributed by atoms with Gasteiger partial charge in [-0.3, -0.25) is 4.79 Å². The lowest BCUT2D eigenvalue weighted by Crippen LogP contribution is -2.25. The molecule has 6 heteroatoms. The van der Waals surface area contributed by atoms with Gasteiger partial charge in [0.25, 0.3) is 0 Å². The first-order valence-electron chi connectivity index (χ1n) is 6.73. The molecule has 0 radical (unpaired) electrons. The molecule has 0 spiro atoms. The zero-order valence-electron chi connectivity index (χ0n) is 11.3. The summed E-state index contributed by atoms with van der Waals surface area (Å²) in [5, 5.41) is 14.2. The Bertz CT molecular complexity index is 676. The van der Waals surface area contributed by atoms with Crippen LogP contribution in [0.25, 0.3) is 11.3 Å². The van der Waals surface area contributed by atoms with Crippen LogP contribution < -0.4 is 5.32 Å². The number of rotatable bonds is 3. The second-order valence-electron chi connectivity index (χ2n) is 4.92. The summed E-state index contributed by atoms with van der Waals surface area (Å²) in [6.07, 6.45) is 2.80. The molecular formula is C15H14N4OS. The largest absolute Gasteiger partial charge is 0.310 e. The molecule has 1 N–H and O–H groups in total. The summed E-state index contributed by atoms with van der Waals surface area (Å²) in [5.74, 6) is -0.185. The molecule has 1 saturated heterocycles. The van der Waals surface area contributed by atoms with Gasteiger partial charge in [0.05, 0.1) is 11.6 Å². The number of aromatic nitrogens is 1. The molecule has 21 heavy (non-hydrogen) atoms. The number of anilines is 1. The maximum atomic E-state index is 12.1. The van der Waals surface area contributed by atoms with Gasteiger partial charge >= 0.3 is 0 Å². The fraction of sp³-hybridized carbons (Fsp3) is 0.267. The van der Waals surface area contributed by atoms with Crippen LogP contribution in [0.2, 0.25) is 0 Å². The van der Waals surface area contributed by atoms with Crippen molar-refractivity contribution in [2.75, 3.05) is 18.4 Å². The predicted molar refractivity (Wildman–Crippen MR) is 81.5 cm³/mol. The van der Waals surface area contributed by atoms with E-state index in [4.69, 9.17) is 5.26 Å². The number of thiazole rings is 1. The number of nitriles is 1. The van der Waals surface area contributed by atoms with Gasteiger partial charge in [-0.05, 0) is 6.42 Å². The number of benzene rings is 1. The lowest BCUT2D eigenvalue weighted by atomic mass is 10.1. The van der Waals surface area contributed by atoms with E-state index >= 15 is 0 Å². The third kappa shape index (κ3) is 3.03. The van der Waals surface area contributed by atoms with Crippen molar-refractivity contribution in [3.63, 3.8) is 0 Å². The van der Waals surface area contributed by atoms with Gasteiger partial charge in [0.2, 0.25) is 5.91 Å². The number of carbonyl (C=O) groups is 1. The van der Waals surface area contributed by atoms with Crippen molar-refractivity contribution in [1.82, 2.24) is 9.88 Å². The minimum absolute atomic E-state index is 0.0540. The third-order valence-electron chi connectivity index (χ3n) is 3.50. The summed E-state index contributed by atoms with van der Waals surface area (Å²) >= 11 is 1.42. The van der Waals surface area contributed by atoms with E-state index in [2.05, 4.69) is 16.5 Å². The Labute approximate surface area is 126 Å². The number of hydrogen-bond donors (Lipinski definition) is 1. The molecule has 0 saturated carbocycles. The van der Waals surface area contributed by atoms with E-state index in [1.807, 2.05) is 35.7 Å². The second kappa shape index (κ2) is 5.94. The number of nitrogens with zero attached hydrogens (tertiary/aromatic N) is 3. The van der Waals surface area contributed by atoms with Crippen molar-refractivity contribution in [3.05, 3.63) is 35.7 Å². The van der Waals surface area contributed by atoms with Crippen molar-refractivity contribution < 1.29 is 4.79 Å². The van der Waals surface area contributed by atoms with E-state index in [-0.39, 0.29) is 11.8 Å². The summed E-state index contributed by atoms with van der Waals surface area (Å²) in [6.45, 7) is 1.15. The van der Waals surface area contributed by atoms with Gasteiger partial charge in [-0.2, -0.15) is 5.26 Å². The molecule has 3 rings (SSSR count). The summed E-state index contributed by atoms with van der Waals surface area (Å²) in [6, 6.07) is 9.86. The Kier molecular flexibility index (Phi) is 3.84. The highest BCUT2D eigenvalue weighted by Gasteiger charge is 2.28. The molecule has 106 valence electrons. The molecule has 0 aliphatic carbocycles. The molecule has 1 unspecified atom stereocenters. The van der Waals surface area contributed by atoms with Crippen LogP contribution in [0.3, 0.4) is 0 Å². The van der Waals surface area contributed by atoms with Crippen LogP contribution in [0, 0.1) is 17.4 Å². The smallest absolute Gasteiger partial charge is 0.231 e. The van der Waals surface area contributed by atoms with E-state index in [0.29, 0.717) is 18.2 Å². The first-order chi connectivity index (χ1) is 10.3. The lowest BCUT2D eigenvalue weighted by Gasteiger charge is -2.08. The fourth-order valence-corrected chi connectivity index (χ4v) is 3.07. The van der Waals surface area contributed by atoms with Crippen LogP contribution in [0.5, 0.6) is 0 Å². The SMILES string of the molecule is N#CN1CCC(C(=O)Nc2nc(-c3ccccc3)cs2)C1. The zero-order valence-corrected chi connectivity index (χ0v) is 12.1. The minimum atomic E-state index is -0.131. The maximum Gasteiger partial charge on any atom is 0.231 e. The first-order valence-corrected chi connectivity index (χ1v) is 7.61. The number of nitrogens with one attached hydrogen (secondary N) is 1. The van der Waals surface area contributed by atoms with E-state index in [1.54, 1.807) is 4.90 Å². The molecule has 1 aliphatic heterocycles. The normalized spacial score (nSPS) is 17.5. The summed E-state index contributed by atoms with van der Waals surface area (Å²) in [4.78, 5) is 18.2. The van der Waals surface area contributed by atoms with Crippen LogP contribution in [0.4, 0.5) is 5.13 Å². The molecule has 0 bridgehead atoms. The Morgan fingerprint density at radius 1 is 1.43 bits per heavy atom. The maximum absolute atomic E-state index is 12.1. The summed E-state index contributed by atoms with van der Waals surface area (Å²) in [5.41, 5.74) is 1.90. The van der Waals surface area contributed by atoms with Crippen molar-refractivity contribution in [3.8, 4) is 17.5 Å². The zero-order chi connectivity index (χ0) is 14.7. The Morgan fingerprint density at radius 2 is 2.24 bits per heavy atom. The van der Waals surface area contributed by atoms with Crippen LogP contribution in [0.1, 0.15) is 6.42 Å². The Balaban J connectivity index is 1.65. The topological polar surface area (TPSA) is 69.0 Å². The number of hydrogen-bond acceptors (Lipinski definition) is 5. The fourth-order valence-electron chi connectivity index (χ4n) is 2.35. The van der Waals surface area contributed by atoms with Crippen LogP contribution in [0.15, 0.2) is 35.7 Å². The van der Waals surface area contributed by atoms with Gasteiger partial charge in [0, 0.05) is 24.0 Å². The highest BCUT2D eigenvalue weighted by Crippen LogP contribution is 2.25. The van der Waals surface area contributed by atoms with Gasteiger partial charge in [-0.15, -0.1) is 11.3 Å². The molecule has 1 atom stereocenters. The van der Waals surface area contributed by atoms with Gasteiger partial charge in [-0.1, -0.05) is 30.3 Å². The lowest BCUT2D eigenvalue weighted by molar-refractivity contribution is -0.119. The second-order valence-corrected chi connectivity index (χ2v) is 5.78. The molecular weight excluding hydrogens is 284 g/mol. The molecule has 5 nitrogen and oxygen atoms in total. The van der Waals surface area contributed by atoms with Crippen LogP contribution in [-0.2, 0) is 4.79 Å². The standard InChI is InChI=1S/C15H14N4OS/c16-10-19-7-6-12(8-19)14(20)18-15-17-13(9-21-15)11-4-2-1-3-5-11/h1-5,9,12H,6-8H2,(H,17,18,20). The van der Waals surface area contributed by atoms with Crippen LogP contribution >= 0.6 is 11.3 Å². The van der Waals surface area contributed by atoms with Gasteiger partial charge in [0.15, 0.2) is 11.3 Å². The minimum Gasteiger partial charge on any atom is -0.310 e. The Hall–Kier alpha value is -2.39. The predicted octanol–water partition coefficient (Wildman–Crippen LogP) is 2.55. The van der Waals surface area contributed by atoms with Gasteiger partial charge in [-0.25, -0.2) is 4.98 Å². The molecule has 1 amide bonds. The van der Waals surface area contributed by atoms with Crippen molar-refractivity contribution in [2.24, 2.45) is 5.92 Å². The monoisotopic (exact) mass is 298 g/mol. The third-order valence-corrected chi connectivity index (χ3v) is 4.26. The Morgan fingerprint density at radius 3 is 2.95 bits per heavy atom. The van der Waals surface area contributed by atoms with E-state index < -0.39 is 0 Å². The average molecular weight is 298 g/mol. The average Bonchev–Trinajstić information content (AvgIpc) is 3.17. The van der Waals surface area contributed by atoms with Crippen LogP contribution in [-0.4, -0.2) is 28.9 Å². The molecule has 1 aromatic carbocycles. The summed E-state index contributed by atoms with van der Waals surface area (Å²) in [7, 11) is 0. The molecule has 1 aromatic heterocycles. The quantitative estimate of drug-likeness (QED) is 0.884. The number of likely N-dealkylation sites (tertiary alicyclic amines) is 1. The molecule has 2 heterocycles. The van der Waals surface area contributed by atoms with Crippen molar-refractivity contribution in [2.45, 2.75) is 6.42 Å². The van der Waals surface area contributed by atoms with Crippen molar-refractivity contribution >= 4 is 22.4 Å². The molecule has 1 fully saturated rings. The highest BCUT2D eigenvalue weighted by atomic mass is 32.1. The molecule has 1 aliphatic rings. The van der Waals surface area contributed by atoms with E-state index in [1.165, 1.54) is 11.3 Å². The van der Waals surface area contributed by atoms with E-state index in [9.17, 15) is 4.79 Å². The number of carbonyl (C=O) groups excluding carboxylic acids is 1. The molecule has 2 aromatic rings. The van der Waals surface area contributed by atoms with Gasteiger partial charge in [0.1, 0.15) is 0 Å². The summed E-state index contributed by atoms with van der Waals surface area (Å²) < 4.78 is 0. The van der Waals surface area contributed by atoms with Crippen molar-refractivity contribution in [1.29, 1.82) is 5.26 Å².